The predicted octanol–water partition coefficient (Wildman–Crippen LogP) is 9.04. The molecule has 5 aromatic rings. The minimum Gasteiger partial charge on any atom is -0.468 e. The maximum Gasteiger partial charge on any atom is 0.117 e. The van der Waals surface area contributed by atoms with Crippen LogP contribution in [0.5, 0.6) is 0 Å². The van der Waals surface area contributed by atoms with Gasteiger partial charge < -0.3 is 4.42 Å². The molecule has 0 aliphatic carbocycles. The van der Waals surface area contributed by atoms with Crippen molar-refractivity contribution in [2.75, 3.05) is 6.26 Å². The first kappa shape index (κ1) is 25.9. The molecule has 37 heavy (non-hydrogen) atoms. The van der Waals surface area contributed by atoms with Crippen LogP contribution in [0.25, 0.3) is 26.7 Å². The molecule has 7 heteroatoms. The Hall–Kier alpha value is -2.77. The number of benzene rings is 2. The van der Waals surface area contributed by atoms with Gasteiger partial charge >= 0.3 is 0 Å². The van der Waals surface area contributed by atoms with Crippen molar-refractivity contribution in [3.63, 3.8) is 0 Å². The Bertz CT molecular complexity index is 1480. The third-order valence-electron chi connectivity index (χ3n) is 6.28. The van der Waals surface area contributed by atoms with Crippen LogP contribution < -0.4 is 0 Å². The average Bonchev–Trinajstić information content (AvgIpc) is 3.65. The molecule has 0 fully saturated rings. The number of hydrogen-bond acceptors (Lipinski definition) is 5. The lowest BCUT2D eigenvalue weighted by atomic mass is 10.1. The number of halogens is 1. The fourth-order valence-corrected chi connectivity index (χ4v) is 5.89. The smallest absolute Gasteiger partial charge is 0.117 e. The van der Waals surface area contributed by atoms with E-state index in [0.29, 0.717) is 18.1 Å². The van der Waals surface area contributed by atoms with E-state index in [1.807, 2.05) is 41.1 Å². The van der Waals surface area contributed by atoms with Gasteiger partial charge in [0.1, 0.15) is 5.76 Å². The van der Waals surface area contributed by atoms with Crippen molar-refractivity contribution in [3.05, 3.63) is 102 Å². The standard InChI is InChI=1S/C30H30ClN3OS2/c1-30(2,3)33(20-23-10-8-16-35-23)19-22-18-27(34(32-22)26-13-6-5-12-25(26)31)29-15-14-28(37-29)21-9-7-11-24(17-21)36-4/h5-18H,19-20H2,1-4H3. The minimum atomic E-state index is -0.0699. The number of para-hydroxylation sites is 1. The van der Waals surface area contributed by atoms with Crippen LogP contribution >= 0.6 is 34.7 Å². The van der Waals surface area contributed by atoms with Gasteiger partial charge in [-0.05, 0) is 87.2 Å². The number of nitrogens with zero attached hydrogens (tertiary/aromatic N) is 3. The minimum absolute atomic E-state index is 0.0699. The second kappa shape index (κ2) is 10.9. The summed E-state index contributed by atoms with van der Waals surface area (Å²) in [5.74, 6) is 0.941. The van der Waals surface area contributed by atoms with Gasteiger partial charge in [-0.15, -0.1) is 23.1 Å². The number of thioether (sulfide) groups is 1. The Morgan fingerprint density at radius 2 is 1.76 bits per heavy atom. The SMILES string of the molecule is CSc1cccc(-c2ccc(-c3cc(CN(Cc4ccco4)C(C)(C)C)nn3-c3ccccc3Cl)s2)c1. The van der Waals surface area contributed by atoms with E-state index in [4.69, 9.17) is 21.1 Å². The van der Waals surface area contributed by atoms with E-state index in [1.165, 1.54) is 15.3 Å². The summed E-state index contributed by atoms with van der Waals surface area (Å²) in [7, 11) is 0. The summed E-state index contributed by atoms with van der Waals surface area (Å²) in [6.45, 7) is 8.05. The van der Waals surface area contributed by atoms with Crippen molar-refractivity contribution in [1.29, 1.82) is 0 Å². The first-order chi connectivity index (χ1) is 17.8. The normalized spacial score (nSPS) is 11.9. The first-order valence-electron chi connectivity index (χ1n) is 12.2. The van der Waals surface area contributed by atoms with E-state index in [0.717, 1.165) is 27.7 Å². The molecule has 0 radical (unpaired) electrons. The summed E-state index contributed by atoms with van der Waals surface area (Å²) in [5.41, 5.74) is 4.05. The molecule has 0 N–H and O–H groups in total. The van der Waals surface area contributed by atoms with Crippen molar-refractivity contribution in [2.45, 2.75) is 44.3 Å². The van der Waals surface area contributed by atoms with Crippen LogP contribution in [-0.2, 0) is 13.1 Å². The molecule has 0 aliphatic rings. The van der Waals surface area contributed by atoms with E-state index in [9.17, 15) is 0 Å². The van der Waals surface area contributed by atoms with Crippen molar-refractivity contribution in [1.82, 2.24) is 14.7 Å². The Labute approximate surface area is 231 Å². The summed E-state index contributed by atoms with van der Waals surface area (Å²) in [6, 6.07) is 27.1. The summed E-state index contributed by atoms with van der Waals surface area (Å²) in [5, 5.41) is 5.75. The van der Waals surface area contributed by atoms with Crippen LogP contribution in [0, 0.1) is 0 Å². The highest BCUT2D eigenvalue weighted by atomic mass is 35.5. The van der Waals surface area contributed by atoms with Gasteiger partial charge in [-0.1, -0.05) is 35.9 Å². The highest BCUT2D eigenvalue weighted by molar-refractivity contribution is 7.98. The lowest BCUT2D eigenvalue weighted by Crippen LogP contribution is -2.40. The zero-order valence-corrected chi connectivity index (χ0v) is 23.8. The molecule has 0 bridgehead atoms. The molecule has 190 valence electrons. The fourth-order valence-electron chi connectivity index (χ4n) is 4.21. The van der Waals surface area contributed by atoms with Gasteiger partial charge in [-0.3, -0.25) is 4.90 Å². The van der Waals surface area contributed by atoms with Gasteiger partial charge in [-0.2, -0.15) is 5.10 Å². The molecule has 0 saturated carbocycles. The third-order valence-corrected chi connectivity index (χ3v) is 8.48. The maximum absolute atomic E-state index is 6.65. The number of aromatic nitrogens is 2. The molecule has 2 aromatic carbocycles. The molecular weight excluding hydrogens is 518 g/mol. The molecule has 5 rings (SSSR count). The van der Waals surface area contributed by atoms with E-state index < -0.39 is 0 Å². The summed E-state index contributed by atoms with van der Waals surface area (Å²) < 4.78 is 7.64. The number of hydrogen-bond donors (Lipinski definition) is 0. The monoisotopic (exact) mass is 547 g/mol. The topological polar surface area (TPSA) is 34.2 Å². The van der Waals surface area contributed by atoms with Gasteiger partial charge in [-0.25, -0.2) is 4.68 Å². The molecular formula is C30H30ClN3OS2. The number of rotatable bonds is 8. The van der Waals surface area contributed by atoms with Crippen LogP contribution in [0.3, 0.4) is 0 Å². The predicted molar refractivity (Wildman–Crippen MR) is 157 cm³/mol. The molecule has 4 nitrogen and oxygen atoms in total. The van der Waals surface area contributed by atoms with E-state index >= 15 is 0 Å². The van der Waals surface area contributed by atoms with Crippen LogP contribution in [0.4, 0.5) is 0 Å². The zero-order valence-electron chi connectivity index (χ0n) is 21.4. The molecule has 0 saturated heterocycles. The molecule has 3 aromatic heterocycles. The van der Waals surface area contributed by atoms with E-state index in [2.05, 4.69) is 74.4 Å². The second-order valence-corrected chi connectivity index (χ2v) is 12.3. The Morgan fingerprint density at radius 3 is 2.49 bits per heavy atom. The molecule has 0 atom stereocenters. The lowest BCUT2D eigenvalue weighted by molar-refractivity contribution is 0.107. The second-order valence-electron chi connectivity index (χ2n) is 9.89. The van der Waals surface area contributed by atoms with Crippen LogP contribution in [0.2, 0.25) is 5.02 Å². The molecule has 0 unspecified atom stereocenters. The summed E-state index contributed by atoms with van der Waals surface area (Å²) >= 11 is 10.2. The number of thiophene rings is 1. The quantitative estimate of drug-likeness (QED) is 0.181. The molecule has 3 heterocycles. The van der Waals surface area contributed by atoms with E-state index in [-0.39, 0.29) is 5.54 Å². The van der Waals surface area contributed by atoms with Crippen molar-refractivity contribution in [2.24, 2.45) is 0 Å². The highest BCUT2D eigenvalue weighted by Crippen LogP contribution is 2.38. The Balaban J connectivity index is 1.54. The zero-order chi connectivity index (χ0) is 26.0. The van der Waals surface area contributed by atoms with Gasteiger partial charge in [0.15, 0.2) is 0 Å². The largest absolute Gasteiger partial charge is 0.468 e. The number of furan rings is 1. The Morgan fingerprint density at radius 1 is 0.946 bits per heavy atom. The van der Waals surface area contributed by atoms with Gasteiger partial charge in [0.2, 0.25) is 0 Å². The van der Waals surface area contributed by atoms with Crippen LogP contribution in [0.1, 0.15) is 32.2 Å². The summed E-state index contributed by atoms with van der Waals surface area (Å²) in [6.07, 6.45) is 3.83. The molecule has 0 aliphatic heterocycles. The summed E-state index contributed by atoms with van der Waals surface area (Å²) in [4.78, 5) is 6.02. The fraction of sp³-hybridized carbons (Fsp3) is 0.233. The van der Waals surface area contributed by atoms with Gasteiger partial charge in [0.25, 0.3) is 0 Å². The third kappa shape index (κ3) is 5.88. The van der Waals surface area contributed by atoms with Gasteiger partial charge in [0, 0.05) is 21.9 Å². The van der Waals surface area contributed by atoms with E-state index in [1.54, 1.807) is 29.4 Å². The van der Waals surface area contributed by atoms with Gasteiger partial charge in [0.05, 0.1) is 39.8 Å². The van der Waals surface area contributed by atoms with Crippen molar-refractivity contribution >= 4 is 34.7 Å². The lowest BCUT2D eigenvalue weighted by Gasteiger charge is -2.34. The van der Waals surface area contributed by atoms with Crippen molar-refractivity contribution < 1.29 is 4.42 Å². The van der Waals surface area contributed by atoms with Crippen LogP contribution in [-0.4, -0.2) is 26.5 Å². The van der Waals surface area contributed by atoms with Crippen molar-refractivity contribution in [3.8, 4) is 26.7 Å². The van der Waals surface area contributed by atoms with Crippen LogP contribution in [0.15, 0.2) is 94.4 Å². The Kier molecular flexibility index (Phi) is 7.63. The molecule has 0 spiro atoms. The molecule has 0 amide bonds. The highest BCUT2D eigenvalue weighted by Gasteiger charge is 2.25. The average molecular weight is 548 g/mol. The maximum atomic E-state index is 6.65. The first-order valence-corrected chi connectivity index (χ1v) is 14.6.